The lowest BCUT2D eigenvalue weighted by Crippen LogP contribution is -2.30. The van der Waals surface area contributed by atoms with Crippen molar-refractivity contribution in [3.05, 3.63) is 0 Å². The van der Waals surface area contributed by atoms with E-state index >= 15 is 0 Å². The fraction of sp³-hybridized carbons (Fsp3) is 0.945. The molecule has 3 N–H and O–H groups in total. The Hall–Kier alpha value is -1.94. The second kappa shape index (κ2) is 66.3. The summed E-state index contributed by atoms with van der Waals surface area (Å²) in [6.07, 6.45) is 54.0. The summed E-state index contributed by atoms with van der Waals surface area (Å²) in [5, 5.41) is 10.6. The van der Waals surface area contributed by atoms with Gasteiger partial charge in [-0.15, -0.1) is 0 Å². The van der Waals surface area contributed by atoms with E-state index in [-0.39, 0.29) is 25.7 Å². The molecule has 0 aromatic carbocycles. The lowest BCUT2D eigenvalue weighted by molar-refractivity contribution is -0.161. The number of phosphoric acid groups is 2. The molecule has 17 nitrogen and oxygen atoms in total. The third-order valence-electron chi connectivity index (χ3n) is 17.0. The van der Waals surface area contributed by atoms with Crippen LogP contribution in [0.5, 0.6) is 0 Å². The Balaban J connectivity index is 5.22. The second-order valence-electron chi connectivity index (χ2n) is 26.8. The quantitative estimate of drug-likeness (QED) is 0.0222. The number of hydrogen-bond donors (Lipinski definition) is 3. The number of carbonyl (C=O) groups is 4. The van der Waals surface area contributed by atoms with E-state index in [1.54, 1.807) is 0 Å². The van der Waals surface area contributed by atoms with Crippen molar-refractivity contribution in [3.63, 3.8) is 0 Å². The minimum Gasteiger partial charge on any atom is -0.462 e. The van der Waals surface area contributed by atoms with E-state index in [0.29, 0.717) is 25.7 Å². The number of rotatable bonds is 73. The van der Waals surface area contributed by atoms with Crippen LogP contribution in [0.15, 0.2) is 0 Å². The first-order valence-corrected chi connectivity index (χ1v) is 41.1. The molecular formula is C73H142O17P2. The van der Waals surface area contributed by atoms with Gasteiger partial charge < -0.3 is 33.8 Å². The molecule has 0 aromatic rings. The maximum atomic E-state index is 13.1. The molecule has 546 valence electrons. The normalized spacial score (nSPS) is 14.0. The highest BCUT2D eigenvalue weighted by Gasteiger charge is 2.30. The first-order chi connectivity index (χ1) is 44.5. The van der Waals surface area contributed by atoms with E-state index in [4.69, 9.17) is 37.0 Å². The molecule has 0 saturated heterocycles. The average molecular weight is 1350 g/mol. The predicted molar refractivity (Wildman–Crippen MR) is 372 cm³/mol. The third-order valence-corrected chi connectivity index (χ3v) is 18.9. The minimum absolute atomic E-state index is 0.108. The number of ether oxygens (including phenoxy) is 4. The Bertz CT molecular complexity index is 1770. The van der Waals surface area contributed by atoms with E-state index < -0.39 is 97.5 Å². The number of unbranched alkanes of at least 4 members (excludes halogenated alkanes) is 45. The molecule has 5 atom stereocenters. The molecule has 0 radical (unpaired) electrons. The topological polar surface area (TPSA) is 237 Å². The van der Waals surface area contributed by atoms with Crippen molar-refractivity contribution >= 4 is 39.5 Å². The predicted octanol–water partition coefficient (Wildman–Crippen LogP) is 21.3. The van der Waals surface area contributed by atoms with Crippen LogP contribution < -0.4 is 0 Å². The van der Waals surface area contributed by atoms with E-state index in [2.05, 4.69) is 34.6 Å². The van der Waals surface area contributed by atoms with Crippen LogP contribution in [-0.2, 0) is 65.4 Å². The minimum atomic E-state index is -4.95. The van der Waals surface area contributed by atoms with Gasteiger partial charge in [-0.2, -0.15) is 0 Å². The monoisotopic (exact) mass is 1350 g/mol. The Labute approximate surface area is 562 Å². The molecular weight excluding hydrogens is 1210 g/mol. The van der Waals surface area contributed by atoms with Crippen LogP contribution in [0.1, 0.15) is 381 Å². The van der Waals surface area contributed by atoms with Crippen molar-refractivity contribution in [2.45, 2.75) is 400 Å². The molecule has 0 rings (SSSR count). The van der Waals surface area contributed by atoms with Gasteiger partial charge in [0.25, 0.3) is 0 Å². The van der Waals surface area contributed by atoms with Crippen LogP contribution in [0.2, 0.25) is 0 Å². The molecule has 0 bridgehead atoms. The summed E-state index contributed by atoms with van der Waals surface area (Å²) in [7, 11) is -9.90. The molecule has 0 aliphatic rings. The molecule has 19 heteroatoms. The fourth-order valence-corrected chi connectivity index (χ4v) is 12.8. The first-order valence-electron chi connectivity index (χ1n) is 38.1. The number of aliphatic hydroxyl groups excluding tert-OH is 1. The zero-order valence-corrected chi connectivity index (χ0v) is 61.5. The third kappa shape index (κ3) is 66.7. The van der Waals surface area contributed by atoms with Crippen LogP contribution >= 0.6 is 15.6 Å². The maximum Gasteiger partial charge on any atom is 0.472 e. The Morgan fingerprint density at radius 1 is 0.293 bits per heavy atom. The van der Waals surface area contributed by atoms with Gasteiger partial charge in [-0.25, -0.2) is 9.13 Å². The smallest absolute Gasteiger partial charge is 0.462 e. The number of carbonyl (C=O) groups excluding carboxylic acids is 4. The van der Waals surface area contributed by atoms with Gasteiger partial charge in [-0.1, -0.05) is 330 Å². The van der Waals surface area contributed by atoms with E-state index in [0.717, 1.165) is 102 Å². The van der Waals surface area contributed by atoms with Gasteiger partial charge in [0.2, 0.25) is 0 Å². The fourth-order valence-electron chi connectivity index (χ4n) is 11.2. The molecule has 2 unspecified atom stereocenters. The van der Waals surface area contributed by atoms with Crippen molar-refractivity contribution in [1.29, 1.82) is 0 Å². The van der Waals surface area contributed by atoms with Crippen LogP contribution in [0, 0.1) is 5.92 Å². The van der Waals surface area contributed by atoms with Crippen molar-refractivity contribution in [1.82, 2.24) is 0 Å². The van der Waals surface area contributed by atoms with Gasteiger partial charge >= 0.3 is 39.5 Å². The Kier molecular flexibility index (Phi) is 64.9. The largest absolute Gasteiger partial charge is 0.472 e. The van der Waals surface area contributed by atoms with E-state index in [9.17, 15) is 43.2 Å². The van der Waals surface area contributed by atoms with Gasteiger partial charge in [-0.05, 0) is 31.6 Å². The number of aliphatic hydroxyl groups is 1. The van der Waals surface area contributed by atoms with Crippen LogP contribution in [0.4, 0.5) is 0 Å². The molecule has 0 aromatic heterocycles. The molecule has 0 saturated carbocycles. The van der Waals surface area contributed by atoms with E-state index in [1.807, 2.05) is 0 Å². The first kappa shape index (κ1) is 90.1. The standard InChI is InChI=1S/C73H142O17P2/c1-6-9-12-15-18-21-23-25-30-33-37-42-47-52-57-71(76)84-63-69(90-73(78)59-54-49-44-39-35-31-27-26-29-32-36-40-45-50-55-66(4)5)65-88-92(81,82)86-61-67(74)60-85-91(79,80)87-64-68(62-83-70(75)56-51-46-41-20-17-14-11-8-3)89-72(77)58-53-48-43-38-34-28-24-22-19-16-13-10-7-2/h66-69,74H,6-65H2,1-5H3,(H,79,80)(H,81,82)/t67-,68+,69+/m0/s1. The number of hydrogen-bond acceptors (Lipinski definition) is 15. The summed E-state index contributed by atoms with van der Waals surface area (Å²) in [4.78, 5) is 72.6. The van der Waals surface area contributed by atoms with Gasteiger partial charge in [0.15, 0.2) is 12.2 Å². The van der Waals surface area contributed by atoms with Crippen LogP contribution in [-0.4, -0.2) is 96.7 Å². The molecule has 0 fully saturated rings. The van der Waals surface area contributed by atoms with E-state index in [1.165, 1.54) is 199 Å². The summed E-state index contributed by atoms with van der Waals surface area (Å²) in [5.41, 5.74) is 0. The number of phosphoric ester groups is 2. The molecule has 92 heavy (non-hydrogen) atoms. The van der Waals surface area contributed by atoms with Crippen LogP contribution in [0.3, 0.4) is 0 Å². The van der Waals surface area contributed by atoms with Gasteiger partial charge in [-0.3, -0.25) is 37.3 Å². The van der Waals surface area contributed by atoms with Crippen molar-refractivity contribution in [2.75, 3.05) is 39.6 Å². The molecule has 0 aliphatic heterocycles. The highest BCUT2D eigenvalue weighted by molar-refractivity contribution is 7.47. The van der Waals surface area contributed by atoms with Crippen molar-refractivity contribution in [3.8, 4) is 0 Å². The average Bonchev–Trinajstić information content (AvgIpc) is 3.31. The number of esters is 4. The lowest BCUT2D eigenvalue weighted by Gasteiger charge is -2.21. The lowest BCUT2D eigenvalue weighted by atomic mass is 10.0. The Morgan fingerprint density at radius 3 is 0.739 bits per heavy atom. The van der Waals surface area contributed by atoms with Gasteiger partial charge in [0, 0.05) is 25.7 Å². The molecule has 0 aliphatic carbocycles. The summed E-state index contributed by atoms with van der Waals surface area (Å²) >= 11 is 0. The van der Waals surface area contributed by atoms with Crippen LogP contribution in [0.25, 0.3) is 0 Å². The highest BCUT2D eigenvalue weighted by Crippen LogP contribution is 2.45. The van der Waals surface area contributed by atoms with Crippen molar-refractivity contribution < 1.29 is 80.2 Å². The Morgan fingerprint density at radius 2 is 0.500 bits per heavy atom. The second-order valence-corrected chi connectivity index (χ2v) is 29.7. The summed E-state index contributed by atoms with van der Waals surface area (Å²) < 4.78 is 68.4. The summed E-state index contributed by atoms with van der Waals surface area (Å²) in [6.45, 7) is 7.28. The maximum absolute atomic E-state index is 13.1. The SMILES string of the molecule is CCCCCCCCCCCCCCCCC(=O)OC[C@H](COP(=O)(O)OC[C@@H](O)COP(=O)(O)OC[C@@H](COC(=O)CCCCCCCCCC)OC(=O)CCCCCCCCCCCCCCC)OC(=O)CCCCCCCCCCCCCCCCC(C)C. The summed E-state index contributed by atoms with van der Waals surface area (Å²) in [5.74, 6) is -1.32. The molecule has 0 heterocycles. The summed E-state index contributed by atoms with van der Waals surface area (Å²) in [6, 6.07) is 0. The van der Waals surface area contributed by atoms with Gasteiger partial charge in [0.05, 0.1) is 26.4 Å². The van der Waals surface area contributed by atoms with Gasteiger partial charge in [0.1, 0.15) is 19.3 Å². The zero-order chi connectivity index (χ0) is 67.7. The zero-order valence-electron chi connectivity index (χ0n) is 59.7. The molecule has 0 amide bonds. The molecule has 0 spiro atoms. The highest BCUT2D eigenvalue weighted by atomic mass is 31.2. The van der Waals surface area contributed by atoms with Crippen molar-refractivity contribution in [2.24, 2.45) is 5.92 Å².